The Hall–Kier alpha value is -1.58. The van der Waals surface area contributed by atoms with E-state index < -0.39 is 11.9 Å². The maximum absolute atomic E-state index is 10.4. The van der Waals surface area contributed by atoms with E-state index in [1.54, 1.807) is 13.0 Å². The number of rotatable bonds is 12. The SMILES string of the molecule is CCC(CC)CCC=C(C)C(=O)O.CCC(CC)CCC=CC(=O)O. The van der Waals surface area contributed by atoms with Crippen molar-refractivity contribution in [2.45, 2.75) is 86.0 Å². The first-order chi connectivity index (χ1) is 11.8. The van der Waals surface area contributed by atoms with Gasteiger partial charge in [-0.1, -0.05) is 65.5 Å². The van der Waals surface area contributed by atoms with Crippen LogP contribution in [0.1, 0.15) is 86.0 Å². The minimum absolute atomic E-state index is 0.464. The molecule has 0 amide bonds. The van der Waals surface area contributed by atoms with Crippen LogP contribution in [0, 0.1) is 11.8 Å². The molecule has 0 aromatic carbocycles. The van der Waals surface area contributed by atoms with Crippen molar-refractivity contribution in [1.82, 2.24) is 0 Å². The third-order valence-corrected chi connectivity index (χ3v) is 4.67. The Balaban J connectivity index is 0. The summed E-state index contributed by atoms with van der Waals surface area (Å²) in [7, 11) is 0. The molecule has 0 fully saturated rings. The molecule has 0 aromatic rings. The van der Waals surface area contributed by atoms with Crippen LogP contribution in [0.2, 0.25) is 0 Å². The van der Waals surface area contributed by atoms with Crippen LogP contribution < -0.4 is 0 Å². The molecule has 0 heterocycles. The standard InChI is InChI=1S/C11H20O2.C10H18O2/c1-4-10(5-2)8-6-7-9(3)11(12)13;1-3-9(4-2)7-5-6-8-10(11)12/h7,10H,4-6,8H2,1-3H3,(H,12,13);6,8-9H,3-5,7H2,1-2H3,(H,11,12). The first-order valence-electron chi connectivity index (χ1n) is 9.61. The molecule has 4 heteroatoms. The quantitative estimate of drug-likeness (QED) is 0.417. The largest absolute Gasteiger partial charge is 0.478 e. The second-order valence-corrected chi connectivity index (χ2v) is 6.45. The van der Waals surface area contributed by atoms with Crippen LogP contribution in [0.5, 0.6) is 0 Å². The molecule has 0 saturated heterocycles. The van der Waals surface area contributed by atoms with Crippen LogP contribution in [0.3, 0.4) is 0 Å². The topological polar surface area (TPSA) is 74.6 Å². The molecule has 25 heavy (non-hydrogen) atoms. The maximum Gasteiger partial charge on any atom is 0.330 e. The highest BCUT2D eigenvalue weighted by atomic mass is 16.4. The maximum atomic E-state index is 10.4. The molecule has 0 spiro atoms. The molecule has 0 rings (SSSR count). The lowest BCUT2D eigenvalue weighted by molar-refractivity contribution is -0.133. The zero-order valence-corrected chi connectivity index (χ0v) is 16.8. The third kappa shape index (κ3) is 17.0. The van der Waals surface area contributed by atoms with Gasteiger partial charge in [0.25, 0.3) is 0 Å². The van der Waals surface area contributed by atoms with Gasteiger partial charge in [-0.15, -0.1) is 0 Å². The van der Waals surface area contributed by atoms with Gasteiger partial charge in [0.05, 0.1) is 0 Å². The zero-order valence-electron chi connectivity index (χ0n) is 16.8. The fraction of sp³-hybridized carbons (Fsp3) is 0.714. The molecule has 0 bridgehead atoms. The number of hydrogen-bond acceptors (Lipinski definition) is 2. The first kappa shape index (κ1) is 25.7. The lowest BCUT2D eigenvalue weighted by Crippen LogP contribution is -1.98. The predicted molar refractivity (Wildman–Crippen MR) is 105 cm³/mol. The van der Waals surface area contributed by atoms with Crippen LogP contribution in [-0.4, -0.2) is 22.2 Å². The number of carboxylic acids is 2. The summed E-state index contributed by atoms with van der Waals surface area (Å²) in [6.07, 6.45) is 13.5. The summed E-state index contributed by atoms with van der Waals surface area (Å²) in [4.78, 5) is 20.5. The van der Waals surface area contributed by atoms with Gasteiger partial charge in [-0.25, -0.2) is 9.59 Å². The zero-order chi connectivity index (χ0) is 19.7. The summed E-state index contributed by atoms with van der Waals surface area (Å²) in [5, 5.41) is 16.9. The summed E-state index contributed by atoms with van der Waals surface area (Å²) in [6, 6.07) is 0. The van der Waals surface area contributed by atoms with Gasteiger partial charge < -0.3 is 10.2 Å². The van der Waals surface area contributed by atoms with Crippen LogP contribution >= 0.6 is 0 Å². The molecular weight excluding hydrogens is 316 g/mol. The van der Waals surface area contributed by atoms with Crippen LogP contribution in [-0.2, 0) is 9.59 Å². The fourth-order valence-corrected chi connectivity index (χ4v) is 2.53. The molecular formula is C21H38O4. The Labute approximate surface area is 154 Å². The van der Waals surface area contributed by atoms with E-state index in [-0.39, 0.29) is 0 Å². The predicted octanol–water partition coefficient (Wildman–Crippen LogP) is 6.08. The van der Waals surface area contributed by atoms with Gasteiger partial charge in [0.2, 0.25) is 0 Å². The van der Waals surface area contributed by atoms with E-state index in [9.17, 15) is 9.59 Å². The van der Waals surface area contributed by atoms with E-state index in [2.05, 4.69) is 27.7 Å². The number of hydrogen-bond donors (Lipinski definition) is 2. The van der Waals surface area contributed by atoms with Gasteiger partial charge in [0, 0.05) is 11.6 Å². The number of carbonyl (C=O) groups is 2. The summed E-state index contributed by atoms with van der Waals surface area (Å²) in [6.45, 7) is 10.4. The normalized spacial score (nSPS) is 11.7. The van der Waals surface area contributed by atoms with Crippen LogP contribution in [0.4, 0.5) is 0 Å². The Morgan fingerprint density at radius 2 is 1.28 bits per heavy atom. The van der Waals surface area contributed by atoms with Gasteiger partial charge in [-0.05, 0) is 44.4 Å². The molecule has 0 radical (unpaired) electrons. The number of aliphatic carboxylic acids is 2. The lowest BCUT2D eigenvalue weighted by Gasteiger charge is -2.09. The molecule has 0 aromatic heterocycles. The van der Waals surface area contributed by atoms with Crippen molar-refractivity contribution in [3.05, 3.63) is 23.8 Å². The Morgan fingerprint density at radius 1 is 0.840 bits per heavy atom. The van der Waals surface area contributed by atoms with Gasteiger partial charge in [-0.3, -0.25) is 0 Å². The monoisotopic (exact) mass is 354 g/mol. The summed E-state index contributed by atoms with van der Waals surface area (Å²) in [5.74, 6) is -0.148. The highest BCUT2D eigenvalue weighted by Crippen LogP contribution is 2.15. The Kier molecular flexibility index (Phi) is 17.7. The minimum atomic E-state index is -0.848. The van der Waals surface area contributed by atoms with E-state index in [1.807, 2.05) is 6.08 Å². The molecule has 0 aliphatic rings. The van der Waals surface area contributed by atoms with E-state index in [0.717, 1.165) is 37.5 Å². The van der Waals surface area contributed by atoms with Crippen molar-refractivity contribution in [3.63, 3.8) is 0 Å². The van der Waals surface area contributed by atoms with Crippen LogP contribution in [0.25, 0.3) is 0 Å². The van der Waals surface area contributed by atoms with Crippen molar-refractivity contribution in [1.29, 1.82) is 0 Å². The molecule has 0 aliphatic heterocycles. The van der Waals surface area contributed by atoms with Gasteiger partial charge in [0.15, 0.2) is 0 Å². The summed E-state index contributed by atoms with van der Waals surface area (Å²) < 4.78 is 0. The molecule has 146 valence electrons. The van der Waals surface area contributed by atoms with Gasteiger partial charge in [-0.2, -0.15) is 0 Å². The number of carboxylic acid groups (broad SMARTS) is 2. The molecule has 2 N–H and O–H groups in total. The Morgan fingerprint density at radius 3 is 1.64 bits per heavy atom. The summed E-state index contributed by atoms with van der Waals surface area (Å²) >= 11 is 0. The van der Waals surface area contributed by atoms with Crippen LogP contribution in [0.15, 0.2) is 23.8 Å². The average Bonchev–Trinajstić information content (AvgIpc) is 2.59. The second-order valence-electron chi connectivity index (χ2n) is 6.45. The van der Waals surface area contributed by atoms with Gasteiger partial charge >= 0.3 is 11.9 Å². The van der Waals surface area contributed by atoms with E-state index >= 15 is 0 Å². The minimum Gasteiger partial charge on any atom is -0.478 e. The number of allylic oxidation sites excluding steroid dienone is 2. The first-order valence-corrected chi connectivity index (χ1v) is 9.61. The van der Waals surface area contributed by atoms with E-state index in [4.69, 9.17) is 10.2 Å². The van der Waals surface area contributed by atoms with E-state index in [1.165, 1.54) is 31.8 Å². The lowest BCUT2D eigenvalue weighted by atomic mass is 9.97. The van der Waals surface area contributed by atoms with E-state index in [0.29, 0.717) is 5.57 Å². The highest BCUT2D eigenvalue weighted by Gasteiger charge is 2.03. The molecule has 0 unspecified atom stereocenters. The molecule has 0 aliphatic carbocycles. The van der Waals surface area contributed by atoms with Crippen molar-refractivity contribution < 1.29 is 19.8 Å². The highest BCUT2D eigenvalue weighted by molar-refractivity contribution is 5.85. The average molecular weight is 355 g/mol. The van der Waals surface area contributed by atoms with Crippen molar-refractivity contribution >= 4 is 11.9 Å². The molecule has 0 saturated carbocycles. The van der Waals surface area contributed by atoms with Gasteiger partial charge in [0.1, 0.15) is 0 Å². The molecule has 0 atom stereocenters. The third-order valence-electron chi connectivity index (χ3n) is 4.67. The van der Waals surface area contributed by atoms with Crippen molar-refractivity contribution in [2.75, 3.05) is 0 Å². The van der Waals surface area contributed by atoms with Crippen molar-refractivity contribution in [2.24, 2.45) is 11.8 Å². The smallest absolute Gasteiger partial charge is 0.330 e. The Bertz CT molecular complexity index is 402. The molecule has 4 nitrogen and oxygen atoms in total. The fourth-order valence-electron chi connectivity index (χ4n) is 2.53. The van der Waals surface area contributed by atoms with Crippen molar-refractivity contribution in [3.8, 4) is 0 Å². The second kappa shape index (κ2) is 17.2. The summed E-state index contributed by atoms with van der Waals surface area (Å²) in [5.41, 5.74) is 0.464.